The summed E-state index contributed by atoms with van der Waals surface area (Å²) in [5.41, 5.74) is 0. The minimum atomic E-state index is -0.825. The number of hydrogen-bond acceptors (Lipinski definition) is 3. The molecule has 0 amide bonds. The van der Waals surface area contributed by atoms with Crippen molar-refractivity contribution in [2.45, 2.75) is 18.8 Å². The molecule has 0 spiro atoms. The van der Waals surface area contributed by atoms with E-state index in [0.717, 1.165) is 18.8 Å². The molecule has 1 aromatic heterocycles. The minimum Gasteiger partial charge on any atom is -0.481 e. The Morgan fingerprint density at radius 1 is 1.43 bits per heavy atom. The third-order valence-corrected chi connectivity index (χ3v) is 2.56. The molecule has 0 bridgehead atoms. The zero-order valence-corrected chi connectivity index (χ0v) is 7.35. The molecule has 1 heterocycles. The van der Waals surface area contributed by atoms with Crippen molar-refractivity contribution in [3.05, 3.63) is 24.0 Å². The van der Waals surface area contributed by atoms with Crippen molar-refractivity contribution in [3.63, 3.8) is 0 Å². The molecule has 2 rings (SSSR count). The minimum absolute atomic E-state index is 0.145. The second-order valence-electron chi connectivity index (χ2n) is 3.39. The fraction of sp³-hybridized carbons (Fsp3) is 0.444. The van der Waals surface area contributed by atoms with Gasteiger partial charge in [-0.1, -0.05) is 0 Å². The van der Waals surface area contributed by atoms with Crippen LogP contribution in [0.15, 0.2) is 12.4 Å². The smallest absolute Gasteiger partial charge is 0.307 e. The average molecular weight is 196 g/mol. The van der Waals surface area contributed by atoms with Crippen molar-refractivity contribution < 1.29 is 14.3 Å². The van der Waals surface area contributed by atoms with E-state index in [1.54, 1.807) is 0 Å². The van der Waals surface area contributed by atoms with E-state index in [0.29, 0.717) is 12.2 Å². The summed E-state index contributed by atoms with van der Waals surface area (Å²) in [5.74, 6) is -1.44. The summed E-state index contributed by atoms with van der Waals surface area (Å²) < 4.78 is 12.5. The molecule has 74 valence electrons. The van der Waals surface area contributed by atoms with Gasteiger partial charge in [0.15, 0.2) is 5.82 Å². The molecular weight excluding hydrogens is 187 g/mol. The van der Waals surface area contributed by atoms with Crippen LogP contribution in [0.4, 0.5) is 4.39 Å². The van der Waals surface area contributed by atoms with Gasteiger partial charge in [-0.15, -0.1) is 0 Å². The van der Waals surface area contributed by atoms with E-state index in [4.69, 9.17) is 5.11 Å². The molecule has 1 aromatic rings. The summed E-state index contributed by atoms with van der Waals surface area (Å²) in [6, 6.07) is 0. The predicted octanol–water partition coefficient (Wildman–Crippen LogP) is 1.19. The molecule has 0 saturated heterocycles. The van der Waals surface area contributed by atoms with E-state index in [1.165, 1.54) is 0 Å². The number of halogens is 1. The zero-order chi connectivity index (χ0) is 10.1. The van der Waals surface area contributed by atoms with Crippen molar-refractivity contribution >= 4 is 5.97 Å². The lowest BCUT2D eigenvalue weighted by atomic mass is 9.73. The van der Waals surface area contributed by atoms with Gasteiger partial charge >= 0.3 is 5.97 Å². The molecule has 14 heavy (non-hydrogen) atoms. The lowest BCUT2D eigenvalue weighted by Crippen LogP contribution is -2.32. The third-order valence-electron chi connectivity index (χ3n) is 2.56. The van der Waals surface area contributed by atoms with Crippen LogP contribution >= 0.6 is 0 Å². The molecule has 1 aliphatic rings. The molecule has 5 heteroatoms. The molecule has 1 N–H and O–H groups in total. The highest BCUT2D eigenvalue weighted by Crippen LogP contribution is 2.40. The Hall–Kier alpha value is -1.52. The van der Waals surface area contributed by atoms with Gasteiger partial charge in [0.25, 0.3) is 0 Å². The van der Waals surface area contributed by atoms with Gasteiger partial charge in [0, 0.05) is 5.92 Å². The van der Waals surface area contributed by atoms with Crippen molar-refractivity contribution in [1.82, 2.24) is 9.97 Å². The lowest BCUT2D eigenvalue weighted by molar-refractivity contribution is -0.145. The Balaban J connectivity index is 2.16. The predicted molar refractivity (Wildman–Crippen MR) is 45.1 cm³/mol. The van der Waals surface area contributed by atoms with E-state index in [9.17, 15) is 9.18 Å². The monoisotopic (exact) mass is 196 g/mol. The van der Waals surface area contributed by atoms with Crippen LogP contribution in [0.1, 0.15) is 24.6 Å². The molecule has 2 unspecified atom stereocenters. The number of hydrogen-bond donors (Lipinski definition) is 1. The first kappa shape index (κ1) is 9.05. The van der Waals surface area contributed by atoms with Crippen LogP contribution in [0, 0.1) is 11.7 Å². The van der Waals surface area contributed by atoms with Crippen molar-refractivity contribution in [2.75, 3.05) is 0 Å². The average Bonchev–Trinajstić information content (AvgIpc) is 2.05. The summed E-state index contributed by atoms with van der Waals surface area (Å²) in [7, 11) is 0. The van der Waals surface area contributed by atoms with Crippen LogP contribution < -0.4 is 0 Å². The summed E-state index contributed by atoms with van der Waals surface area (Å²) >= 11 is 0. The third kappa shape index (κ3) is 1.45. The fourth-order valence-corrected chi connectivity index (χ4v) is 1.62. The van der Waals surface area contributed by atoms with Crippen molar-refractivity contribution in [3.8, 4) is 0 Å². The Kier molecular flexibility index (Phi) is 2.15. The number of carboxylic acid groups (broad SMARTS) is 1. The second kappa shape index (κ2) is 3.32. The van der Waals surface area contributed by atoms with Gasteiger partial charge < -0.3 is 5.11 Å². The molecule has 1 fully saturated rings. The van der Waals surface area contributed by atoms with E-state index in [1.807, 2.05) is 0 Å². The van der Waals surface area contributed by atoms with Crippen molar-refractivity contribution in [2.24, 2.45) is 5.92 Å². The van der Waals surface area contributed by atoms with Gasteiger partial charge in [0.2, 0.25) is 0 Å². The molecule has 0 aromatic carbocycles. The van der Waals surface area contributed by atoms with Gasteiger partial charge in [-0.05, 0) is 12.8 Å². The lowest BCUT2D eigenvalue weighted by Gasteiger charge is -2.31. The molecule has 2 atom stereocenters. The number of carboxylic acids is 1. The Bertz CT molecular complexity index is 352. The number of rotatable bonds is 2. The highest BCUT2D eigenvalue weighted by Gasteiger charge is 2.39. The maximum Gasteiger partial charge on any atom is 0.307 e. The highest BCUT2D eigenvalue weighted by molar-refractivity contribution is 5.72. The largest absolute Gasteiger partial charge is 0.481 e. The first-order chi connectivity index (χ1) is 6.68. The van der Waals surface area contributed by atoms with Crippen LogP contribution in [0.3, 0.4) is 0 Å². The number of carbonyl (C=O) groups is 1. The van der Waals surface area contributed by atoms with Gasteiger partial charge in [0.05, 0.1) is 18.3 Å². The molecule has 4 nitrogen and oxygen atoms in total. The first-order valence-electron chi connectivity index (χ1n) is 4.38. The second-order valence-corrected chi connectivity index (χ2v) is 3.39. The number of aromatic nitrogens is 2. The molecule has 0 radical (unpaired) electrons. The zero-order valence-electron chi connectivity index (χ0n) is 7.35. The van der Waals surface area contributed by atoms with Gasteiger partial charge in [0.1, 0.15) is 5.82 Å². The van der Waals surface area contributed by atoms with Gasteiger partial charge in [-0.25, -0.2) is 14.4 Å². The quantitative estimate of drug-likeness (QED) is 0.771. The summed E-state index contributed by atoms with van der Waals surface area (Å²) in [6.07, 6.45) is 3.56. The highest BCUT2D eigenvalue weighted by atomic mass is 19.1. The standard InChI is InChI=1S/C9H9FN2O2/c10-5-3-11-8(12-4-5)6-1-2-7(6)9(13)14/h3-4,6-7H,1-2H2,(H,13,14). The van der Waals surface area contributed by atoms with Crippen molar-refractivity contribution in [1.29, 1.82) is 0 Å². The van der Waals surface area contributed by atoms with Crippen LogP contribution in [-0.2, 0) is 4.79 Å². The topological polar surface area (TPSA) is 63.1 Å². The fourth-order valence-electron chi connectivity index (χ4n) is 1.62. The molecule has 1 aliphatic carbocycles. The maximum atomic E-state index is 12.5. The normalized spacial score (nSPS) is 25.5. The van der Waals surface area contributed by atoms with E-state index in [2.05, 4.69) is 9.97 Å². The SMILES string of the molecule is O=C(O)C1CCC1c1ncc(F)cn1. The van der Waals surface area contributed by atoms with E-state index >= 15 is 0 Å². The van der Waals surface area contributed by atoms with Crippen LogP contribution in [0.5, 0.6) is 0 Å². The van der Waals surface area contributed by atoms with Gasteiger partial charge in [-0.3, -0.25) is 4.79 Å². The van der Waals surface area contributed by atoms with Crippen LogP contribution in [-0.4, -0.2) is 21.0 Å². The number of aliphatic carboxylic acids is 1. The van der Waals surface area contributed by atoms with Gasteiger partial charge in [-0.2, -0.15) is 0 Å². The van der Waals surface area contributed by atoms with E-state index < -0.39 is 17.7 Å². The Labute approximate surface area is 79.8 Å². The number of nitrogens with zero attached hydrogens (tertiary/aromatic N) is 2. The molecular formula is C9H9FN2O2. The molecule has 1 saturated carbocycles. The first-order valence-corrected chi connectivity index (χ1v) is 4.38. The van der Waals surface area contributed by atoms with E-state index in [-0.39, 0.29) is 5.92 Å². The summed E-state index contributed by atoms with van der Waals surface area (Å²) in [6.45, 7) is 0. The van der Waals surface area contributed by atoms with Crippen LogP contribution in [0.25, 0.3) is 0 Å². The Morgan fingerprint density at radius 2 is 2.07 bits per heavy atom. The summed E-state index contributed by atoms with van der Waals surface area (Å²) in [5, 5.41) is 8.79. The summed E-state index contributed by atoms with van der Waals surface area (Å²) in [4.78, 5) is 18.3. The molecule has 0 aliphatic heterocycles. The maximum absolute atomic E-state index is 12.5. The Morgan fingerprint density at radius 3 is 2.50 bits per heavy atom. The van der Waals surface area contributed by atoms with Crippen LogP contribution in [0.2, 0.25) is 0 Å².